The molecule has 4 heteroatoms. The Morgan fingerprint density at radius 3 is 2.56 bits per heavy atom. The Labute approximate surface area is 94.1 Å². The number of aromatic hydroxyl groups is 1. The Balaban J connectivity index is 2.80. The monoisotopic (exact) mass is 222 g/mol. The van der Waals surface area contributed by atoms with Gasteiger partial charge >= 0.3 is 0 Å². The quantitative estimate of drug-likeness (QED) is 0.835. The molecule has 0 atom stereocenters. The molecule has 1 aromatic carbocycles. The molecule has 1 aliphatic heterocycles. The highest BCUT2D eigenvalue weighted by Gasteiger charge is 2.28. The minimum absolute atomic E-state index is 0.0738. The molecule has 1 aliphatic rings. The van der Waals surface area contributed by atoms with Gasteiger partial charge in [0, 0.05) is 5.56 Å². The number of methoxy groups -OCH3 is 1. The molecule has 0 saturated carbocycles. The Morgan fingerprint density at radius 2 is 2.00 bits per heavy atom. The van der Waals surface area contributed by atoms with Crippen LogP contribution in [0.25, 0.3) is 5.57 Å². The molecule has 0 fully saturated rings. The van der Waals surface area contributed by atoms with Crippen molar-refractivity contribution in [2.75, 3.05) is 13.9 Å². The molecule has 0 amide bonds. The van der Waals surface area contributed by atoms with E-state index in [0.29, 0.717) is 28.4 Å². The molecule has 0 spiro atoms. The van der Waals surface area contributed by atoms with Crippen LogP contribution in [0.5, 0.6) is 23.0 Å². The number of hydrogen-bond donors (Lipinski definition) is 1. The lowest BCUT2D eigenvalue weighted by atomic mass is 10.0. The lowest BCUT2D eigenvalue weighted by Gasteiger charge is -2.15. The number of fused-ring (bicyclic) bond motifs is 1. The van der Waals surface area contributed by atoms with E-state index < -0.39 is 0 Å². The second-order valence-electron chi connectivity index (χ2n) is 3.73. The molecular weight excluding hydrogens is 208 g/mol. The Hall–Kier alpha value is -1.84. The van der Waals surface area contributed by atoms with E-state index in [9.17, 15) is 5.11 Å². The third-order valence-corrected chi connectivity index (χ3v) is 2.61. The van der Waals surface area contributed by atoms with Crippen LogP contribution in [0.3, 0.4) is 0 Å². The van der Waals surface area contributed by atoms with Crippen LogP contribution in [0.4, 0.5) is 0 Å². The summed E-state index contributed by atoms with van der Waals surface area (Å²) >= 11 is 0. The number of ether oxygens (including phenoxy) is 3. The van der Waals surface area contributed by atoms with Crippen molar-refractivity contribution >= 4 is 5.57 Å². The summed E-state index contributed by atoms with van der Waals surface area (Å²) < 4.78 is 15.9. The van der Waals surface area contributed by atoms with Crippen LogP contribution < -0.4 is 14.2 Å². The summed E-state index contributed by atoms with van der Waals surface area (Å²) in [6.45, 7) is 7.60. The van der Waals surface area contributed by atoms with Crippen molar-refractivity contribution < 1.29 is 19.3 Å². The van der Waals surface area contributed by atoms with Crippen molar-refractivity contribution in [3.63, 3.8) is 0 Å². The second-order valence-corrected chi connectivity index (χ2v) is 3.73. The van der Waals surface area contributed by atoms with Crippen LogP contribution in [-0.4, -0.2) is 19.0 Å². The summed E-state index contributed by atoms with van der Waals surface area (Å²) in [5.74, 6) is 1.62. The third kappa shape index (κ3) is 1.30. The van der Waals surface area contributed by atoms with Gasteiger partial charge in [0.15, 0.2) is 23.0 Å². The molecule has 4 nitrogen and oxygen atoms in total. The zero-order chi connectivity index (χ0) is 11.9. The second kappa shape index (κ2) is 3.63. The maximum Gasteiger partial charge on any atom is 0.231 e. The van der Waals surface area contributed by atoms with Gasteiger partial charge in [-0.25, -0.2) is 0 Å². The fourth-order valence-electron chi connectivity index (χ4n) is 1.83. The number of phenolic OH excluding ortho intramolecular Hbond substituents is 1. The molecule has 1 heterocycles. The summed E-state index contributed by atoms with van der Waals surface area (Å²) in [5, 5.41) is 9.99. The molecular formula is C12H14O4. The first-order valence-corrected chi connectivity index (χ1v) is 4.93. The topological polar surface area (TPSA) is 47.9 Å². The lowest BCUT2D eigenvalue weighted by molar-refractivity contribution is 0.173. The highest BCUT2D eigenvalue weighted by Crippen LogP contribution is 2.51. The number of rotatable bonds is 2. The summed E-state index contributed by atoms with van der Waals surface area (Å²) in [6, 6.07) is 0. The standard InChI is InChI=1S/C12H14O4/c1-6(2)8-11(14-4)9(13)7(3)10-12(8)16-5-15-10/h13H,1,5H2,2-4H3. The maximum atomic E-state index is 9.99. The minimum atomic E-state index is 0.0738. The Kier molecular flexibility index (Phi) is 2.42. The van der Waals surface area contributed by atoms with E-state index in [1.165, 1.54) is 7.11 Å². The summed E-state index contributed by atoms with van der Waals surface area (Å²) in [4.78, 5) is 0. The number of phenols is 1. The zero-order valence-corrected chi connectivity index (χ0v) is 9.59. The molecule has 0 saturated heterocycles. The van der Waals surface area contributed by atoms with Gasteiger partial charge in [-0.3, -0.25) is 0 Å². The van der Waals surface area contributed by atoms with Crippen molar-refractivity contribution in [2.45, 2.75) is 13.8 Å². The van der Waals surface area contributed by atoms with E-state index in [-0.39, 0.29) is 12.5 Å². The van der Waals surface area contributed by atoms with Gasteiger partial charge < -0.3 is 19.3 Å². The average molecular weight is 222 g/mol. The first-order valence-electron chi connectivity index (χ1n) is 4.93. The van der Waals surface area contributed by atoms with Gasteiger partial charge in [0.1, 0.15) is 0 Å². The average Bonchev–Trinajstić information content (AvgIpc) is 2.70. The molecule has 0 unspecified atom stereocenters. The first kappa shape index (κ1) is 10.7. The normalized spacial score (nSPS) is 12.7. The van der Waals surface area contributed by atoms with Crippen LogP contribution in [-0.2, 0) is 0 Å². The van der Waals surface area contributed by atoms with Gasteiger partial charge in [0.05, 0.1) is 12.7 Å². The molecule has 86 valence electrons. The van der Waals surface area contributed by atoms with Crippen molar-refractivity contribution in [1.82, 2.24) is 0 Å². The molecule has 0 bridgehead atoms. The highest BCUT2D eigenvalue weighted by atomic mass is 16.7. The maximum absolute atomic E-state index is 9.99. The van der Waals surface area contributed by atoms with Crippen LogP contribution in [0.1, 0.15) is 18.1 Å². The summed E-state index contributed by atoms with van der Waals surface area (Å²) in [7, 11) is 1.50. The van der Waals surface area contributed by atoms with Crippen molar-refractivity contribution in [3.05, 3.63) is 17.7 Å². The third-order valence-electron chi connectivity index (χ3n) is 2.61. The smallest absolute Gasteiger partial charge is 0.231 e. The van der Waals surface area contributed by atoms with Gasteiger partial charge in [0.25, 0.3) is 0 Å². The van der Waals surface area contributed by atoms with E-state index >= 15 is 0 Å². The zero-order valence-electron chi connectivity index (χ0n) is 9.59. The number of hydrogen-bond acceptors (Lipinski definition) is 4. The van der Waals surface area contributed by atoms with Crippen LogP contribution in [0.15, 0.2) is 6.58 Å². The van der Waals surface area contributed by atoms with Gasteiger partial charge in [0.2, 0.25) is 6.79 Å². The Bertz CT molecular complexity index is 459. The lowest BCUT2D eigenvalue weighted by Crippen LogP contribution is -1.95. The molecule has 2 rings (SSSR count). The largest absolute Gasteiger partial charge is 0.504 e. The van der Waals surface area contributed by atoms with E-state index in [4.69, 9.17) is 14.2 Å². The van der Waals surface area contributed by atoms with E-state index in [1.807, 2.05) is 6.92 Å². The predicted molar refractivity (Wildman–Crippen MR) is 60.2 cm³/mol. The van der Waals surface area contributed by atoms with Gasteiger partial charge in [-0.2, -0.15) is 0 Å². The minimum Gasteiger partial charge on any atom is -0.504 e. The van der Waals surface area contributed by atoms with Gasteiger partial charge in [-0.15, -0.1) is 0 Å². The van der Waals surface area contributed by atoms with Gasteiger partial charge in [-0.1, -0.05) is 6.58 Å². The molecule has 1 N–H and O–H groups in total. The SMILES string of the molecule is C=C(C)c1c(OC)c(O)c(C)c2c1OCO2. The number of benzene rings is 1. The molecule has 0 aromatic heterocycles. The van der Waals surface area contributed by atoms with E-state index in [2.05, 4.69) is 6.58 Å². The fourth-order valence-corrected chi connectivity index (χ4v) is 1.83. The summed E-state index contributed by atoms with van der Waals surface area (Å²) in [5.41, 5.74) is 2.04. The first-order chi connectivity index (χ1) is 7.57. The fraction of sp³-hybridized carbons (Fsp3) is 0.333. The predicted octanol–water partition coefficient (Wildman–Crippen LogP) is 2.47. The molecule has 0 aliphatic carbocycles. The van der Waals surface area contributed by atoms with E-state index in [0.717, 1.165) is 5.57 Å². The molecule has 16 heavy (non-hydrogen) atoms. The van der Waals surface area contributed by atoms with Crippen LogP contribution >= 0.6 is 0 Å². The van der Waals surface area contributed by atoms with Crippen LogP contribution in [0.2, 0.25) is 0 Å². The molecule has 1 aromatic rings. The summed E-state index contributed by atoms with van der Waals surface area (Å²) in [6.07, 6.45) is 0. The van der Waals surface area contributed by atoms with Crippen molar-refractivity contribution in [1.29, 1.82) is 0 Å². The molecule has 0 radical (unpaired) electrons. The van der Waals surface area contributed by atoms with E-state index in [1.54, 1.807) is 6.92 Å². The van der Waals surface area contributed by atoms with Crippen LogP contribution in [0, 0.1) is 6.92 Å². The highest BCUT2D eigenvalue weighted by molar-refractivity contribution is 5.80. The van der Waals surface area contributed by atoms with Gasteiger partial charge in [-0.05, 0) is 19.4 Å². The number of allylic oxidation sites excluding steroid dienone is 1. The van der Waals surface area contributed by atoms with Crippen molar-refractivity contribution in [2.24, 2.45) is 0 Å². The Morgan fingerprint density at radius 1 is 1.38 bits per heavy atom. The van der Waals surface area contributed by atoms with Crippen molar-refractivity contribution in [3.8, 4) is 23.0 Å².